The van der Waals surface area contributed by atoms with Crippen molar-refractivity contribution in [1.82, 2.24) is 19.1 Å². The summed E-state index contributed by atoms with van der Waals surface area (Å²) in [6.45, 7) is 0.315. The van der Waals surface area contributed by atoms with Crippen LogP contribution in [0.2, 0.25) is 0 Å². The average Bonchev–Trinajstić information content (AvgIpc) is 2.90. The van der Waals surface area contributed by atoms with Crippen molar-refractivity contribution in [2.45, 2.75) is 6.54 Å². The van der Waals surface area contributed by atoms with Crippen molar-refractivity contribution in [1.29, 1.82) is 0 Å². The highest BCUT2D eigenvalue weighted by Crippen LogP contribution is 2.14. The van der Waals surface area contributed by atoms with Gasteiger partial charge < -0.3 is 4.57 Å². The fourth-order valence-corrected chi connectivity index (χ4v) is 2.23. The SMILES string of the molecule is Cn1c(=O)[nH]c(=O)c2c1ncn2Cc1ccc([N+](=O)[O-])cc1. The first-order valence-electron chi connectivity index (χ1n) is 6.35. The van der Waals surface area contributed by atoms with Crippen molar-refractivity contribution < 1.29 is 4.92 Å². The number of rotatable bonds is 3. The number of imidazole rings is 1. The predicted octanol–water partition coefficient (Wildman–Crippen LogP) is 0.380. The first kappa shape index (κ1) is 13.7. The second kappa shape index (κ2) is 4.95. The maximum atomic E-state index is 11.9. The van der Waals surface area contributed by atoms with Gasteiger partial charge in [-0.05, 0) is 5.56 Å². The van der Waals surface area contributed by atoms with E-state index in [1.54, 1.807) is 16.7 Å². The number of hydrogen-bond donors (Lipinski definition) is 1. The smallest absolute Gasteiger partial charge is 0.320 e. The number of nitro benzene ring substituents is 1. The molecule has 2 aromatic heterocycles. The number of hydrogen-bond acceptors (Lipinski definition) is 5. The third-order valence-electron chi connectivity index (χ3n) is 3.38. The van der Waals surface area contributed by atoms with Crippen molar-refractivity contribution in [2.75, 3.05) is 0 Å². The summed E-state index contributed by atoms with van der Waals surface area (Å²) in [5, 5.41) is 10.6. The van der Waals surface area contributed by atoms with Gasteiger partial charge in [0, 0.05) is 25.7 Å². The summed E-state index contributed by atoms with van der Waals surface area (Å²) < 4.78 is 2.85. The zero-order valence-electron chi connectivity index (χ0n) is 11.5. The lowest BCUT2D eigenvalue weighted by Gasteiger charge is -2.04. The molecule has 0 radical (unpaired) electrons. The third kappa shape index (κ3) is 2.18. The monoisotopic (exact) mass is 301 g/mol. The van der Waals surface area contributed by atoms with Crippen molar-refractivity contribution in [3.05, 3.63) is 67.1 Å². The van der Waals surface area contributed by atoms with E-state index in [1.165, 1.54) is 30.1 Å². The van der Waals surface area contributed by atoms with E-state index in [9.17, 15) is 19.7 Å². The Kier molecular flexibility index (Phi) is 3.09. The summed E-state index contributed by atoms with van der Waals surface area (Å²) >= 11 is 0. The Labute approximate surface area is 122 Å². The van der Waals surface area contributed by atoms with Gasteiger partial charge in [0.1, 0.15) is 0 Å². The third-order valence-corrected chi connectivity index (χ3v) is 3.38. The van der Waals surface area contributed by atoms with E-state index >= 15 is 0 Å². The maximum absolute atomic E-state index is 11.9. The molecule has 0 atom stereocenters. The fraction of sp³-hybridized carbons (Fsp3) is 0.154. The van der Waals surface area contributed by atoms with E-state index in [0.717, 1.165) is 5.56 Å². The minimum Gasteiger partial charge on any atom is -0.320 e. The van der Waals surface area contributed by atoms with Crippen LogP contribution >= 0.6 is 0 Å². The van der Waals surface area contributed by atoms with Gasteiger partial charge >= 0.3 is 5.69 Å². The number of nitrogens with one attached hydrogen (secondary N) is 1. The number of aryl methyl sites for hydroxylation is 1. The van der Waals surface area contributed by atoms with Crippen LogP contribution < -0.4 is 11.2 Å². The molecule has 1 N–H and O–H groups in total. The van der Waals surface area contributed by atoms with Crippen LogP contribution in [0.15, 0.2) is 40.2 Å². The van der Waals surface area contributed by atoms with Gasteiger partial charge in [0.15, 0.2) is 11.2 Å². The molecule has 0 aliphatic carbocycles. The molecule has 9 nitrogen and oxygen atoms in total. The molecule has 0 fully saturated rings. The Morgan fingerprint density at radius 1 is 1.27 bits per heavy atom. The number of fused-ring (bicyclic) bond motifs is 1. The summed E-state index contributed by atoms with van der Waals surface area (Å²) in [5.41, 5.74) is 0.296. The van der Waals surface area contributed by atoms with E-state index in [-0.39, 0.29) is 16.9 Å². The van der Waals surface area contributed by atoms with Crippen molar-refractivity contribution in [2.24, 2.45) is 7.05 Å². The second-order valence-electron chi connectivity index (χ2n) is 4.79. The molecule has 0 saturated carbocycles. The van der Waals surface area contributed by atoms with Crippen LogP contribution in [-0.2, 0) is 13.6 Å². The standard InChI is InChI=1S/C13H11N5O4/c1-16-11-10(12(19)15-13(16)20)17(7-14-11)6-8-2-4-9(5-3-8)18(21)22/h2-5,7H,6H2,1H3,(H,15,19,20). The number of benzene rings is 1. The second-order valence-corrected chi connectivity index (χ2v) is 4.79. The lowest BCUT2D eigenvalue weighted by atomic mass is 10.2. The molecule has 22 heavy (non-hydrogen) atoms. The van der Waals surface area contributed by atoms with E-state index in [2.05, 4.69) is 9.97 Å². The molecule has 3 aromatic rings. The minimum atomic E-state index is -0.530. The molecule has 2 heterocycles. The zero-order chi connectivity index (χ0) is 15.9. The van der Waals surface area contributed by atoms with Gasteiger partial charge in [0.25, 0.3) is 11.2 Å². The van der Waals surface area contributed by atoms with Crippen LogP contribution in [0.4, 0.5) is 5.69 Å². The normalized spacial score (nSPS) is 11.0. The number of aromatic nitrogens is 4. The lowest BCUT2D eigenvalue weighted by Crippen LogP contribution is -2.29. The molecule has 0 aliphatic rings. The van der Waals surface area contributed by atoms with Gasteiger partial charge in [-0.25, -0.2) is 9.78 Å². The van der Waals surface area contributed by atoms with Crippen LogP contribution in [0.1, 0.15) is 5.56 Å². The average molecular weight is 301 g/mol. The van der Waals surface area contributed by atoms with Gasteiger partial charge in [-0.2, -0.15) is 0 Å². The lowest BCUT2D eigenvalue weighted by molar-refractivity contribution is -0.384. The highest BCUT2D eigenvalue weighted by Gasteiger charge is 2.12. The molecule has 9 heteroatoms. The van der Waals surface area contributed by atoms with E-state index in [4.69, 9.17) is 0 Å². The van der Waals surface area contributed by atoms with Crippen LogP contribution in [0.5, 0.6) is 0 Å². The first-order valence-corrected chi connectivity index (χ1v) is 6.35. The first-order chi connectivity index (χ1) is 10.5. The number of H-pyrrole nitrogens is 1. The Balaban J connectivity index is 2.05. The summed E-state index contributed by atoms with van der Waals surface area (Å²) in [6.07, 6.45) is 1.46. The zero-order valence-corrected chi connectivity index (χ0v) is 11.5. The van der Waals surface area contributed by atoms with E-state index < -0.39 is 16.2 Å². The minimum absolute atomic E-state index is 0.000479. The van der Waals surface area contributed by atoms with Crippen molar-refractivity contribution >= 4 is 16.9 Å². The predicted molar refractivity (Wildman–Crippen MR) is 77.8 cm³/mol. The molecule has 1 aromatic carbocycles. The number of non-ortho nitro benzene ring substituents is 1. The fourth-order valence-electron chi connectivity index (χ4n) is 2.23. The van der Waals surface area contributed by atoms with Gasteiger partial charge in [-0.3, -0.25) is 24.5 Å². The van der Waals surface area contributed by atoms with Crippen molar-refractivity contribution in [3.8, 4) is 0 Å². The highest BCUT2D eigenvalue weighted by molar-refractivity contribution is 5.69. The number of nitrogens with zero attached hydrogens (tertiary/aromatic N) is 4. The van der Waals surface area contributed by atoms with Crippen LogP contribution in [0.25, 0.3) is 11.2 Å². The Bertz CT molecular complexity index is 980. The van der Waals surface area contributed by atoms with Gasteiger partial charge in [0.05, 0.1) is 11.3 Å². The molecule has 0 aliphatic heterocycles. The highest BCUT2D eigenvalue weighted by atomic mass is 16.6. The summed E-state index contributed by atoms with van der Waals surface area (Å²) in [7, 11) is 1.52. The quantitative estimate of drug-likeness (QED) is 0.554. The maximum Gasteiger partial charge on any atom is 0.329 e. The summed E-state index contributed by atoms with van der Waals surface area (Å²) in [5.74, 6) is 0. The Hall–Kier alpha value is -3.23. The number of aromatic amines is 1. The molecule has 112 valence electrons. The molecule has 0 spiro atoms. The van der Waals surface area contributed by atoms with Crippen molar-refractivity contribution in [3.63, 3.8) is 0 Å². The van der Waals surface area contributed by atoms with Crippen LogP contribution in [0, 0.1) is 10.1 Å². The van der Waals surface area contributed by atoms with E-state index in [1.807, 2.05) is 0 Å². The molecule has 0 bridgehead atoms. The Morgan fingerprint density at radius 3 is 2.59 bits per heavy atom. The molecule has 0 amide bonds. The molecule has 0 saturated heterocycles. The van der Waals surface area contributed by atoms with Crippen LogP contribution in [0.3, 0.4) is 0 Å². The Morgan fingerprint density at radius 2 is 1.95 bits per heavy atom. The largest absolute Gasteiger partial charge is 0.329 e. The van der Waals surface area contributed by atoms with E-state index in [0.29, 0.717) is 6.54 Å². The topological polar surface area (TPSA) is 116 Å². The van der Waals surface area contributed by atoms with Gasteiger partial charge in [-0.1, -0.05) is 12.1 Å². The molecule has 3 rings (SSSR count). The molecular formula is C13H11N5O4. The molecule has 0 unspecified atom stereocenters. The van der Waals surface area contributed by atoms with Gasteiger partial charge in [-0.15, -0.1) is 0 Å². The summed E-state index contributed by atoms with van der Waals surface area (Å²) in [4.78, 5) is 39.9. The number of nitro groups is 1. The molecular weight excluding hydrogens is 290 g/mol. The van der Waals surface area contributed by atoms with Crippen LogP contribution in [-0.4, -0.2) is 24.0 Å². The summed E-state index contributed by atoms with van der Waals surface area (Å²) in [6, 6.07) is 6.02. The van der Waals surface area contributed by atoms with Gasteiger partial charge in [0.2, 0.25) is 0 Å².